The van der Waals surface area contributed by atoms with Crippen LogP contribution < -0.4 is 0 Å². The number of hydrogen-bond donors (Lipinski definition) is 16. The maximum absolute atomic E-state index is 11.2. The number of aliphatic hydroxyl groups excluding tert-OH is 16. The SMILES string of the molecule is OCC1O[C@@H]2CC(O)[C@H]1O[C@@H]1OC(CO)[C@H](O[C@@H]3OC(CO)[C@H](C[C@H]3O)O[C@@H]3OC(CO)[C@H](O[C@@H]4OC(CO)[C@H](O[C@@H]5OC(CO)[C@H](O2)C(O)[C@H]5O)[C@H](O)C4O)C(O)[C@H]3O)C(O)[C@H]1O. The molecular formula is C36H60O28. The van der Waals surface area contributed by atoms with Crippen LogP contribution in [0.5, 0.6) is 0 Å². The van der Waals surface area contributed by atoms with Gasteiger partial charge in [0, 0.05) is 12.8 Å². The third-order valence-corrected chi connectivity index (χ3v) is 12.4. The van der Waals surface area contributed by atoms with Gasteiger partial charge in [-0.15, -0.1) is 0 Å². The van der Waals surface area contributed by atoms with E-state index in [-0.39, 0.29) is 0 Å². The van der Waals surface area contributed by atoms with Crippen molar-refractivity contribution in [3.63, 3.8) is 0 Å². The molecule has 22 fully saturated rings. The first kappa shape index (κ1) is 50.7. The van der Waals surface area contributed by atoms with Gasteiger partial charge in [0.1, 0.15) is 122 Å². The van der Waals surface area contributed by atoms with E-state index < -0.39 is 225 Å². The Labute approximate surface area is 363 Å². The maximum Gasteiger partial charge on any atom is 0.187 e. The average Bonchev–Trinajstić information content (AvgIpc) is 3.28. The highest BCUT2D eigenvalue weighted by Crippen LogP contribution is 2.37. The highest BCUT2D eigenvalue weighted by molar-refractivity contribution is 4.99. The van der Waals surface area contributed by atoms with Crippen molar-refractivity contribution in [2.24, 2.45) is 0 Å². The zero-order valence-electron chi connectivity index (χ0n) is 33.9. The molecule has 28 heteroatoms. The van der Waals surface area contributed by atoms with Gasteiger partial charge in [-0.25, -0.2) is 0 Å². The molecule has 0 aromatic heterocycles. The van der Waals surface area contributed by atoms with Crippen LogP contribution in [0.25, 0.3) is 0 Å². The van der Waals surface area contributed by atoms with Gasteiger partial charge in [0.05, 0.1) is 51.8 Å². The van der Waals surface area contributed by atoms with Gasteiger partial charge < -0.3 is 139 Å². The van der Waals surface area contributed by atoms with E-state index >= 15 is 0 Å². The fraction of sp³-hybridized carbons (Fsp3) is 1.00. The van der Waals surface area contributed by atoms with Crippen LogP contribution in [0, 0.1) is 0 Å². The van der Waals surface area contributed by atoms with Crippen LogP contribution in [0.1, 0.15) is 12.8 Å². The van der Waals surface area contributed by atoms with Crippen molar-refractivity contribution >= 4 is 0 Å². The fourth-order valence-electron chi connectivity index (χ4n) is 8.90. The summed E-state index contributed by atoms with van der Waals surface area (Å²) in [5, 5.41) is 173. The minimum absolute atomic E-state index is 0.425. The zero-order valence-corrected chi connectivity index (χ0v) is 33.9. The molecule has 0 aromatic rings. The molecule has 22 rings (SSSR count). The van der Waals surface area contributed by atoms with Crippen LogP contribution in [0.15, 0.2) is 0 Å². The van der Waals surface area contributed by atoms with E-state index in [2.05, 4.69) is 0 Å². The van der Waals surface area contributed by atoms with Gasteiger partial charge in [-0.05, 0) is 0 Å². The van der Waals surface area contributed by atoms with Crippen LogP contribution in [-0.2, 0) is 56.8 Å². The van der Waals surface area contributed by atoms with Crippen molar-refractivity contribution in [3.8, 4) is 0 Å². The second-order valence-electron chi connectivity index (χ2n) is 16.6. The largest absolute Gasteiger partial charge is 0.394 e. The Bertz CT molecular complexity index is 1450. The lowest BCUT2D eigenvalue weighted by molar-refractivity contribution is -0.395. The average molecular weight is 941 g/mol. The Morgan fingerprint density at radius 1 is 0.266 bits per heavy atom. The van der Waals surface area contributed by atoms with E-state index in [1.807, 2.05) is 0 Å². The van der Waals surface area contributed by atoms with Crippen molar-refractivity contribution in [2.45, 2.75) is 185 Å². The molecule has 11 unspecified atom stereocenters. The summed E-state index contributed by atoms with van der Waals surface area (Å²) in [5.74, 6) is 0. The minimum atomic E-state index is -2.08. The molecule has 12 bridgehead atoms. The van der Waals surface area contributed by atoms with E-state index in [0.717, 1.165) is 0 Å². The van der Waals surface area contributed by atoms with Gasteiger partial charge in [0.15, 0.2) is 37.7 Å². The Morgan fingerprint density at radius 3 is 0.969 bits per heavy atom. The van der Waals surface area contributed by atoms with Crippen molar-refractivity contribution in [3.05, 3.63) is 0 Å². The van der Waals surface area contributed by atoms with Crippen molar-refractivity contribution in [1.29, 1.82) is 0 Å². The Balaban J connectivity index is 1.16. The predicted molar refractivity (Wildman–Crippen MR) is 193 cm³/mol. The van der Waals surface area contributed by atoms with Crippen LogP contribution in [0.4, 0.5) is 0 Å². The van der Waals surface area contributed by atoms with Gasteiger partial charge in [-0.3, -0.25) is 0 Å². The first-order valence-corrected chi connectivity index (χ1v) is 20.9. The lowest BCUT2D eigenvalue weighted by Crippen LogP contribution is -2.67. The molecule has 64 heavy (non-hydrogen) atoms. The van der Waals surface area contributed by atoms with Gasteiger partial charge in [0.2, 0.25) is 0 Å². The highest BCUT2D eigenvalue weighted by Gasteiger charge is 2.57. The Morgan fingerprint density at radius 2 is 0.578 bits per heavy atom. The molecule has 16 N–H and O–H groups in total. The molecule has 22 aliphatic heterocycles. The fourth-order valence-corrected chi connectivity index (χ4v) is 8.90. The predicted octanol–water partition coefficient (Wildman–Crippen LogP) is -11.0. The molecule has 22 aliphatic rings. The van der Waals surface area contributed by atoms with Crippen LogP contribution in [0.2, 0.25) is 0 Å². The summed E-state index contributed by atoms with van der Waals surface area (Å²) in [6, 6.07) is 0. The van der Waals surface area contributed by atoms with E-state index in [1.165, 1.54) is 0 Å². The molecular weight excluding hydrogens is 880 g/mol. The van der Waals surface area contributed by atoms with E-state index in [1.54, 1.807) is 0 Å². The number of hydrogen-bond acceptors (Lipinski definition) is 28. The third kappa shape index (κ3) is 10.1. The molecule has 0 amide bonds. The molecule has 0 aliphatic carbocycles. The summed E-state index contributed by atoms with van der Waals surface area (Å²) >= 11 is 0. The summed E-state index contributed by atoms with van der Waals surface area (Å²) in [7, 11) is 0. The monoisotopic (exact) mass is 940 g/mol. The zero-order chi connectivity index (χ0) is 46.3. The molecule has 0 aromatic carbocycles. The normalized spacial score (nSPS) is 54.4. The first-order chi connectivity index (χ1) is 30.6. The standard InChI is InChI=1S/C36H60O28/c37-3-12-11-1-10(44)32(55-12)62-29-15(6-40)58-34(25(51)21(29)47)61-27-9(43)2-18(53-13(27)4-38)60-28-14(5-39)57-35(24(50)19(28)45)64-31-17(8-42)59-36(26(52)22(31)48)63-30-16(7-41)56-33(54-11)23(49)20(30)46/h9-52H,1-8H2/t9?,10-,11+,12?,13?,14?,15?,16?,17?,18+,19?,20?,21?,22-,23-,24-,25-,26?,27-,28+,29+,30+,31+,32+,33-,34+,35+,36+/m1/s1. The Hall–Kier alpha value is -1.12. The lowest BCUT2D eigenvalue weighted by atomic mass is 9.95. The number of rotatable bonds is 6. The highest BCUT2D eigenvalue weighted by atomic mass is 16.8. The molecule has 22 saturated heterocycles. The van der Waals surface area contributed by atoms with Gasteiger partial charge in [-0.1, -0.05) is 0 Å². The van der Waals surface area contributed by atoms with Crippen molar-refractivity contribution in [1.82, 2.24) is 0 Å². The minimum Gasteiger partial charge on any atom is -0.394 e. The summed E-state index contributed by atoms with van der Waals surface area (Å²) in [5.41, 5.74) is 0. The topological polar surface area (TPSA) is 434 Å². The molecule has 28 atom stereocenters. The second-order valence-corrected chi connectivity index (χ2v) is 16.6. The number of aliphatic hydroxyl groups is 16. The van der Waals surface area contributed by atoms with Crippen LogP contribution in [0.3, 0.4) is 0 Å². The maximum atomic E-state index is 11.2. The summed E-state index contributed by atoms with van der Waals surface area (Å²) in [6.45, 7) is -5.30. The summed E-state index contributed by atoms with van der Waals surface area (Å²) < 4.78 is 69.0. The van der Waals surface area contributed by atoms with E-state index in [4.69, 9.17) is 56.8 Å². The van der Waals surface area contributed by atoms with Gasteiger partial charge in [0.25, 0.3) is 0 Å². The van der Waals surface area contributed by atoms with E-state index in [0.29, 0.717) is 0 Å². The van der Waals surface area contributed by atoms with Crippen LogP contribution >= 0.6 is 0 Å². The van der Waals surface area contributed by atoms with Gasteiger partial charge >= 0.3 is 0 Å². The van der Waals surface area contributed by atoms with Crippen molar-refractivity contribution < 1.29 is 139 Å². The molecule has 22 heterocycles. The summed E-state index contributed by atoms with van der Waals surface area (Å²) in [4.78, 5) is 0. The second kappa shape index (κ2) is 21.7. The third-order valence-electron chi connectivity index (χ3n) is 12.4. The van der Waals surface area contributed by atoms with Crippen LogP contribution in [-0.4, -0.2) is 293 Å². The first-order valence-electron chi connectivity index (χ1n) is 20.9. The summed E-state index contributed by atoms with van der Waals surface area (Å²) in [6.07, 6.45) is -49.5. The Kier molecular flexibility index (Phi) is 17.2. The molecule has 0 spiro atoms. The quantitative estimate of drug-likeness (QED) is 0.118. The molecule has 28 nitrogen and oxygen atoms in total. The molecule has 0 saturated carbocycles. The number of ether oxygens (including phenoxy) is 12. The molecule has 372 valence electrons. The molecule has 0 radical (unpaired) electrons. The smallest absolute Gasteiger partial charge is 0.187 e. The van der Waals surface area contributed by atoms with Gasteiger partial charge in [-0.2, -0.15) is 0 Å². The van der Waals surface area contributed by atoms with Crippen molar-refractivity contribution in [2.75, 3.05) is 39.6 Å². The van der Waals surface area contributed by atoms with E-state index in [9.17, 15) is 81.7 Å². The lowest BCUT2D eigenvalue weighted by Gasteiger charge is -2.50.